The van der Waals surface area contributed by atoms with Crippen LogP contribution in [0.2, 0.25) is 0 Å². The lowest BCUT2D eigenvalue weighted by molar-refractivity contribution is -0.146. The largest absolute Gasteiger partial charge is 0.390 e. The third kappa shape index (κ3) is 4.92. The molecule has 0 spiro atoms. The van der Waals surface area contributed by atoms with Gasteiger partial charge in [0, 0.05) is 18.6 Å². The second-order valence-corrected chi connectivity index (χ2v) is 6.48. The minimum absolute atomic E-state index is 0.383. The lowest BCUT2D eigenvalue weighted by Gasteiger charge is -2.35. The second kappa shape index (κ2) is 7.12. The van der Waals surface area contributed by atoms with Gasteiger partial charge in [-0.3, -0.25) is 4.90 Å². The average molecular weight is 292 g/mol. The summed E-state index contributed by atoms with van der Waals surface area (Å²) < 4.78 is 37.7. The molecule has 0 amide bonds. The van der Waals surface area contributed by atoms with Gasteiger partial charge in [0.05, 0.1) is 6.42 Å². The van der Waals surface area contributed by atoms with Crippen LogP contribution in [0, 0.1) is 5.92 Å². The van der Waals surface area contributed by atoms with Crippen molar-refractivity contribution < 1.29 is 13.2 Å². The molecule has 1 saturated heterocycles. The molecule has 0 radical (unpaired) electrons. The number of alkyl halides is 3. The summed E-state index contributed by atoms with van der Waals surface area (Å²) in [5, 5.41) is 3.58. The molecule has 2 aliphatic rings. The summed E-state index contributed by atoms with van der Waals surface area (Å²) in [5.74, 6) is 0.655. The number of hydrogen-bond donors (Lipinski definition) is 1. The first-order valence-electron chi connectivity index (χ1n) is 8.00. The van der Waals surface area contributed by atoms with Crippen molar-refractivity contribution in [2.45, 2.75) is 70.1 Å². The van der Waals surface area contributed by atoms with E-state index in [1.165, 1.54) is 32.1 Å². The van der Waals surface area contributed by atoms with Gasteiger partial charge in [-0.2, -0.15) is 13.2 Å². The predicted octanol–water partition coefficient (Wildman–Crippen LogP) is 3.57. The molecule has 2 fully saturated rings. The third-order valence-electron chi connectivity index (χ3n) is 4.83. The van der Waals surface area contributed by atoms with E-state index < -0.39 is 18.6 Å². The topological polar surface area (TPSA) is 15.3 Å². The zero-order valence-electron chi connectivity index (χ0n) is 12.4. The maximum atomic E-state index is 12.6. The molecule has 118 valence electrons. The third-order valence-corrected chi connectivity index (χ3v) is 4.83. The summed E-state index contributed by atoms with van der Waals surface area (Å²) in [6.07, 6.45) is 2.55. The molecule has 1 aliphatic heterocycles. The smallest absolute Gasteiger partial charge is 0.312 e. The summed E-state index contributed by atoms with van der Waals surface area (Å²) in [6, 6.07) is -0.0190. The summed E-state index contributed by atoms with van der Waals surface area (Å²) in [4.78, 5) is 2.05. The molecule has 0 aromatic carbocycles. The van der Waals surface area contributed by atoms with Gasteiger partial charge in [0.25, 0.3) is 0 Å². The molecule has 2 atom stereocenters. The minimum atomic E-state index is -4.06. The van der Waals surface area contributed by atoms with Gasteiger partial charge in [-0.05, 0) is 45.2 Å². The highest BCUT2D eigenvalue weighted by Gasteiger charge is 2.34. The van der Waals surface area contributed by atoms with Crippen molar-refractivity contribution in [2.24, 2.45) is 5.92 Å². The second-order valence-electron chi connectivity index (χ2n) is 6.48. The highest BCUT2D eigenvalue weighted by atomic mass is 19.4. The number of hydrogen-bond acceptors (Lipinski definition) is 2. The Balaban J connectivity index is 1.92. The maximum Gasteiger partial charge on any atom is 0.390 e. The van der Waals surface area contributed by atoms with Crippen LogP contribution in [0.3, 0.4) is 0 Å². The first-order valence-corrected chi connectivity index (χ1v) is 8.00. The molecule has 0 bridgehead atoms. The van der Waals surface area contributed by atoms with E-state index >= 15 is 0 Å². The monoisotopic (exact) mass is 292 g/mol. The fraction of sp³-hybridized carbons (Fsp3) is 1.00. The molecule has 1 N–H and O–H groups in total. The van der Waals surface area contributed by atoms with E-state index in [4.69, 9.17) is 0 Å². The maximum absolute atomic E-state index is 12.6. The van der Waals surface area contributed by atoms with Crippen molar-refractivity contribution in [3.05, 3.63) is 0 Å². The van der Waals surface area contributed by atoms with E-state index in [9.17, 15) is 13.2 Å². The lowest BCUT2D eigenvalue weighted by Crippen LogP contribution is -2.46. The first-order chi connectivity index (χ1) is 9.46. The van der Waals surface area contributed by atoms with Gasteiger partial charge in [0.1, 0.15) is 0 Å². The van der Waals surface area contributed by atoms with Crippen LogP contribution in [0.5, 0.6) is 0 Å². The predicted molar refractivity (Wildman–Crippen MR) is 74.7 cm³/mol. The Labute approximate surface area is 120 Å². The summed E-state index contributed by atoms with van der Waals surface area (Å²) in [5.41, 5.74) is 0. The van der Waals surface area contributed by atoms with Gasteiger partial charge in [-0.15, -0.1) is 0 Å². The molecule has 2 unspecified atom stereocenters. The van der Waals surface area contributed by atoms with Gasteiger partial charge in [0.2, 0.25) is 0 Å². The lowest BCUT2D eigenvalue weighted by atomic mass is 9.83. The SMILES string of the molecule is CC(CC(F)(F)F)N1CCCNC(C2CCCCC2)C1. The van der Waals surface area contributed by atoms with E-state index in [0.717, 1.165) is 26.1 Å². The zero-order valence-corrected chi connectivity index (χ0v) is 12.4. The molecule has 5 heteroatoms. The molecule has 1 saturated carbocycles. The van der Waals surface area contributed by atoms with Crippen molar-refractivity contribution in [1.82, 2.24) is 10.2 Å². The van der Waals surface area contributed by atoms with Crippen LogP contribution < -0.4 is 5.32 Å². The highest BCUT2D eigenvalue weighted by Crippen LogP contribution is 2.29. The highest BCUT2D eigenvalue weighted by molar-refractivity contribution is 4.86. The molecule has 1 heterocycles. The fourth-order valence-corrected chi connectivity index (χ4v) is 3.69. The van der Waals surface area contributed by atoms with Gasteiger partial charge >= 0.3 is 6.18 Å². The Morgan fingerprint density at radius 1 is 1.15 bits per heavy atom. The molecule has 20 heavy (non-hydrogen) atoms. The van der Waals surface area contributed by atoms with Gasteiger partial charge < -0.3 is 5.32 Å². The van der Waals surface area contributed by atoms with Crippen LogP contribution in [0.15, 0.2) is 0 Å². The van der Waals surface area contributed by atoms with Crippen LogP contribution in [0.1, 0.15) is 51.9 Å². The van der Waals surface area contributed by atoms with Crippen LogP contribution in [-0.2, 0) is 0 Å². The van der Waals surface area contributed by atoms with Crippen LogP contribution in [0.4, 0.5) is 13.2 Å². The van der Waals surface area contributed by atoms with E-state index in [2.05, 4.69) is 5.32 Å². The van der Waals surface area contributed by atoms with E-state index in [1.54, 1.807) is 6.92 Å². The Bertz CT molecular complexity index is 287. The Morgan fingerprint density at radius 3 is 2.50 bits per heavy atom. The first kappa shape index (κ1) is 16.1. The number of halogens is 3. The van der Waals surface area contributed by atoms with Gasteiger partial charge in [0.15, 0.2) is 0 Å². The number of nitrogens with one attached hydrogen (secondary N) is 1. The molecule has 0 aromatic rings. The van der Waals surface area contributed by atoms with Gasteiger partial charge in [-0.25, -0.2) is 0 Å². The molecule has 1 aliphatic carbocycles. The molecule has 2 nitrogen and oxygen atoms in total. The van der Waals surface area contributed by atoms with E-state index in [1.807, 2.05) is 4.90 Å². The van der Waals surface area contributed by atoms with Crippen molar-refractivity contribution in [3.63, 3.8) is 0 Å². The van der Waals surface area contributed by atoms with Gasteiger partial charge in [-0.1, -0.05) is 19.3 Å². The molecular formula is C15H27F3N2. The summed E-state index contributed by atoms with van der Waals surface area (Å²) >= 11 is 0. The van der Waals surface area contributed by atoms with Crippen LogP contribution in [-0.4, -0.2) is 42.8 Å². The zero-order chi connectivity index (χ0) is 14.6. The van der Waals surface area contributed by atoms with E-state index in [0.29, 0.717) is 12.0 Å². The normalized spacial score (nSPS) is 29.1. The van der Waals surface area contributed by atoms with E-state index in [-0.39, 0.29) is 0 Å². The molecule has 2 rings (SSSR count). The average Bonchev–Trinajstić information content (AvgIpc) is 2.63. The Morgan fingerprint density at radius 2 is 1.85 bits per heavy atom. The van der Waals surface area contributed by atoms with Crippen molar-refractivity contribution >= 4 is 0 Å². The Hall–Kier alpha value is -0.290. The fourth-order valence-electron chi connectivity index (χ4n) is 3.69. The number of rotatable bonds is 3. The molecule has 0 aromatic heterocycles. The number of nitrogens with zero attached hydrogens (tertiary/aromatic N) is 1. The van der Waals surface area contributed by atoms with Crippen molar-refractivity contribution in [1.29, 1.82) is 0 Å². The van der Waals surface area contributed by atoms with Crippen molar-refractivity contribution in [3.8, 4) is 0 Å². The molecular weight excluding hydrogens is 265 g/mol. The summed E-state index contributed by atoms with van der Waals surface area (Å²) in [7, 11) is 0. The minimum Gasteiger partial charge on any atom is -0.312 e. The quantitative estimate of drug-likeness (QED) is 0.855. The summed E-state index contributed by atoms with van der Waals surface area (Å²) in [6.45, 7) is 4.22. The van der Waals surface area contributed by atoms with Crippen molar-refractivity contribution in [2.75, 3.05) is 19.6 Å². The van der Waals surface area contributed by atoms with Crippen LogP contribution >= 0.6 is 0 Å². The Kier molecular flexibility index (Phi) is 5.73. The van der Waals surface area contributed by atoms with Crippen LogP contribution in [0.25, 0.3) is 0 Å². The standard InChI is InChI=1S/C15H27F3N2/c1-12(10-15(16,17)18)20-9-5-8-19-14(11-20)13-6-3-2-4-7-13/h12-14,19H,2-11H2,1H3.